The number of benzene rings is 1. The summed E-state index contributed by atoms with van der Waals surface area (Å²) in [5.41, 5.74) is 1.80. The van der Waals surface area contributed by atoms with Crippen LogP contribution in [0.1, 0.15) is 24.8 Å². The topological polar surface area (TPSA) is 70.2 Å². The first-order valence-corrected chi connectivity index (χ1v) is 8.40. The maximum atomic E-state index is 12.0. The average molecular weight is 405 g/mol. The number of hydrogen-bond donors (Lipinski definition) is 3. The highest BCUT2D eigenvalue weighted by Crippen LogP contribution is 2.20. The lowest BCUT2D eigenvalue weighted by Gasteiger charge is -2.21. The quantitative estimate of drug-likeness (QED) is 0.706. The number of hydrogen-bond acceptors (Lipinski definition) is 3. The second kappa shape index (κ2) is 9.90. The summed E-state index contributed by atoms with van der Waals surface area (Å²) in [4.78, 5) is 23.9. The largest absolute Gasteiger partial charge is 0.355 e. The van der Waals surface area contributed by atoms with Gasteiger partial charge in [-0.25, -0.2) is 0 Å². The molecule has 1 aromatic carbocycles. The number of amides is 2. The molecule has 0 atom stereocenters. The van der Waals surface area contributed by atoms with Crippen LogP contribution in [0.3, 0.4) is 0 Å². The van der Waals surface area contributed by atoms with Crippen LogP contribution in [0.5, 0.6) is 0 Å². The molecule has 0 radical (unpaired) electrons. The fourth-order valence-electron chi connectivity index (χ4n) is 2.47. The highest BCUT2D eigenvalue weighted by molar-refractivity contribution is 9.10. The molecule has 7 heteroatoms. The van der Waals surface area contributed by atoms with E-state index in [-0.39, 0.29) is 36.6 Å². The van der Waals surface area contributed by atoms with E-state index < -0.39 is 0 Å². The summed E-state index contributed by atoms with van der Waals surface area (Å²) in [7, 11) is 0. The van der Waals surface area contributed by atoms with E-state index in [0.717, 1.165) is 41.7 Å². The lowest BCUT2D eigenvalue weighted by Crippen LogP contribution is -2.39. The van der Waals surface area contributed by atoms with Gasteiger partial charge in [-0.15, -0.1) is 12.4 Å². The van der Waals surface area contributed by atoms with Gasteiger partial charge in [0.1, 0.15) is 0 Å². The van der Waals surface area contributed by atoms with Crippen molar-refractivity contribution >= 4 is 45.8 Å². The van der Waals surface area contributed by atoms with Gasteiger partial charge in [0.2, 0.25) is 11.8 Å². The molecular weight excluding hydrogens is 382 g/mol. The van der Waals surface area contributed by atoms with Crippen LogP contribution >= 0.6 is 28.3 Å². The van der Waals surface area contributed by atoms with Gasteiger partial charge in [-0.1, -0.05) is 22.0 Å². The van der Waals surface area contributed by atoms with Gasteiger partial charge in [0.15, 0.2) is 0 Å². The first kappa shape index (κ1) is 19.9. The van der Waals surface area contributed by atoms with Crippen molar-refractivity contribution < 1.29 is 9.59 Å². The van der Waals surface area contributed by atoms with Crippen LogP contribution in [0.2, 0.25) is 0 Å². The molecule has 128 valence electrons. The molecular formula is C16H23BrClN3O2. The van der Waals surface area contributed by atoms with Crippen LogP contribution < -0.4 is 16.0 Å². The molecule has 3 N–H and O–H groups in total. The number of piperidine rings is 1. The van der Waals surface area contributed by atoms with Gasteiger partial charge in [-0.05, 0) is 50.6 Å². The molecule has 23 heavy (non-hydrogen) atoms. The van der Waals surface area contributed by atoms with Crippen LogP contribution in [0, 0.1) is 12.8 Å². The van der Waals surface area contributed by atoms with E-state index in [1.165, 1.54) is 0 Å². The number of anilines is 1. The highest BCUT2D eigenvalue weighted by Gasteiger charge is 2.20. The van der Waals surface area contributed by atoms with Crippen LogP contribution in [0.4, 0.5) is 5.69 Å². The molecule has 1 fully saturated rings. The van der Waals surface area contributed by atoms with Gasteiger partial charge in [0, 0.05) is 29.0 Å². The Balaban J connectivity index is 0.00000264. The monoisotopic (exact) mass is 403 g/mol. The van der Waals surface area contributed by atoms with Crippen LogP contribution in [-0.4, -0.2) is 31.4 Å². The minimum Gasteiger partial charge on any atom is -0.355 e. The maximum absolute atomic E-state index is 12.0. The van der Waals surface area contributed by atoms with Gasteiger partial charge < -0.3 is 16.0 Å². The molecule has 1 aliphatic rings. The Kier molecular flexibility index (Phi) is 8.58. The molecule has 5 nitrogen and oxygen atoms in total. The van der Waals surface area contributed by atoms with Crippen molar-refractivity contribution in [2.24, 2.45) is 5.92 Å². The number of nitrogens with one attached hydrogen (secondary N) is 3. The van der Waals surface area contributed by atoms with Gasteiger partial charge >= 0.3 is 0 Å². The third-order valence-electron chi connectivity index (χ3n) is 3.83. The van der Waals surface area contributed by atoms with E-state index in [0.29, 0.717) is 6.54 Å². The molecule has 0 aromatic heterocycles. The molecule has 2 amide bonds. The third kappa shape index (κ3) is 6.49. The molecule has 1 saturated heterocycles. The number of rotatable bonds is 5. The predicted molar refractivity (Wildman–Crippen MR) is 98.0 cm³/mol. The molecule has 1 heterocycles. The van der Waals surface area contributed by atoms with Crippen molar-refractivity contribution in [3.05, 3.63) is 28.2 Å². The Labute approximate surface area is 151 Å². The van der Waals surface area contributed by atoms with Gasteiger partial charge in [0.25, 0.3) is 0 Å². The number of aryl methyl sites for hydroxylation is 1. The second-order valence-electron chi connectivity index (χ2n) is 5.57. The third-order valence-corrected chi connectivity index (χ3v) is 4.33. The van der Waals surface area contributed by atoms with E-state index in [2.05, 4.69) is 31.9 Å². The van der Waals surface area contributed by atoms with Crippen molar-refractivity contribution in [2.45, 2.75) is 26.2 Å². The fraction of sp³-hybridized carbons (Fsp3) is 0.500. The Morgan fingerprint density at radius 2 is 2.00 bits per heavy atom. The molecule has 0 saturated carbocycles. The zero-order chi connectivity index (χ0) is 15.9. The van der Waals surface area contributed by atoms with Crippen molar-refractivity contribution in [2.75, 3.05) is 25.0 Å². The number of carbonyl (C=O) groups is 2. The van der Waals surface area contributed by atoms with Crippen LogP contribution in [-0.2, 0) is 9.59 Å². The van der Waals surface area contributed by atoms with Gasteiger partial charge in [-0.3, -0.25) is 9.59 Å². The molecule has 2 rings (SSSR count). The van der Waals surface area contributed by atoms with Gasteiger partial charge in [-0.2, -0.15) is 0 Å². The van der Waals surface area contributed by atoms with E-state index in [4.69, 9.17) is 0 Å². The Hall–Kier alpha value is -1.11. The first-order valence-electron chi connectivity index (χ1n) is 7.60. The van der Waals surface area contributed by atoms with E-state index in [9.17, 15) is 9.59 Å². The minimum absolute atomic E-state index is 0. The average Bonchev–Trinajstić information content (AvgIpc) is 2.51. The summed E-state index contributed by atoms with van der Waals surface area (Å²) in [6.07, 6.45) is 2.02. The summed E-state index contributed by atoms with van der Waals surface area (Å²) >= 11 is 3.39. The Morgan fingerprint density at radius 1 is 1.30 bits per heavy atom. The highest BCUT2D eigenvalue weighted by atomic mass is 79.9. The Bertz CT molecular complexity index is 548. The van der Waals surface area contributed by atoms with E-state index >= 15 is 0 Å². The molecule has 0 aliphatic carbocycles. The summed E-state index contributed by atoms with van der Waals surface area (Å²) in [5.74, 6) is 0.0522. The van der Waals surface area contributed by atoms with E-state index in [1.54, 1.807) is 0 Å². The standard InChI is InChI=1S/C16H22BrN3O2.ClH/c1-11-2-3-13(17)10-14(11)20-15(21)6-9-19-16(22)12-4-7-18-8-5-12;/h2-3,10,12,18H,4-9H2,1H3,(H,19,22)(H,20,21);1H. The zero-order valence-electron chi connectivity index (χ0n) is 13.2. The van der Waals surface area contributed by atoms with Gasteiger partial charge in [0.05, 0.1) is 0 Å². The van der Waals surface area contributed by atoms with E-state index in [1.807, 2.05) is 25.1 Å². The van der Waals surface area contributed by atoms with Crippen molar-refractivity contribution in [1.29, 1.82) is 0 Å². The molecule has 0 spiro atoms. The van der Waals surface area contributed by atoms with Crippen LogP contribution in [0.25, 0.3) is 0 Å². The number of halogens is 2. The molecule has 1 aromatic rings. The summed E-state index contributed by atoms with van der Waals surface area (Å²) in [6.45, 7) is 4.10. The predicted octanol–water partition coefficient (Wildman–Crippen LogP) is 2.62. The molecule has 0 unspecified atom stereocenters. The SMILES string of the molecule is Cc1ccc(Br)cc1NC(=O)CCNC(=O)C1CCNCC1.Cl. The molecule has 0 bridgehead atoms. The summed E-state index contributed by atoms with van der Waals surface area (Å²) < 4.78 is 0.924. The van der Waals surface area contributed by atoms with Crippen molar-refractivity contribution in [1.82, 2.24) is 10.6 Å². The summed E-state index contributed by atoms with van der Waals surface area (Å²) in [5, 5.41) is 8.97. The first-order chi connectivity index (χ1) is 10.6. The van der Waals surface area contributed by atoms with Crippen LogP contribution in [0.15, 0.2) is 22.7 Å². The second-order valence-corrected chi connectivity index (χ2v) is 6.49. The van der Waals surface area contributed by atoms with Crippen molar-refractivity contribution in [3.8, 4) is 0 Å². The normalized spacial score (nSPS) is 14.7. The lowest BCUT2D eigenvalue weighted by molar-refractivity contribution is -0.125. The minimum atomic E-state index is -0.0909. The maximum Gasteiger partial charge on any atom is 0.226 e. The zero-order valence-corrected chi connectivity index (χ0v) is 15.6. The molecule has 1 aliphatic heterocycles. The fourth-order valence-corrected chi connectivity index (χ4v) is 2.83. The Morgan fingerprint density at radius 3 is 2.70 bits per heavy atom. The smallest absolute Gasteiger partial charge is 0.226 e. The number of carbonyl (C=O) groups excluding carboxylic acids is 2. The lowest BCUT2D eigenvalue weighted by atomic mass is 9.97. The summed E-state index contributed by atoms with van der Waals surface area (Å²) in [6, 6.07) is 5.75. The van der Waals surface area contributed by atoms with Crippen molar-refractivity contribution in [3.63, 3.8) is 0 Å².